The molecule has 4 nitrogen and oxygen atoms in total. The molecular formula is C21H49NO3Si2. The Bertz CT molecular complexity index is 346. The molecule has 2 unspecified atom stereocenters. The summed E-state index contributed by atoms with van der Waals surface area (Å²) < 4.78 is 19.0. The first-order valence-electron chi connectivity index (χ1n) is 11.6. The Morgan fingerprint density at radius 2 is 1.33 bits per heavy atom. The summed E-state index contributed by atoms with van der Waals surface area (Å²) in [5.41, 5.74) is 0.659. The average molecular weight is 420 g/mol. The molecule has 1 N–H and O–H groups in total. The molecule has 0 spiro atoms. The van der Waals surface area contributed by atoms with Crippen LogP contribution in [0, 0.1) is 0 Å². The summed E-state index contributed by atoms with van der Waals surface area (Å²) in [6, 6.07) is 2.37. The van der Waals surface area contributed by atoms with Crippen LogP contribution in [-0.4, -0.2) is 54.4 Å². The highest BCUT2D eigenvalue weighted by atomic mass is 28.4. The SMILES string of the molecule is CCCOC(C)(OCCC)[SiH2]C(CC)NC(CC)[Si](CC)(CC)OCCC. The fraction of sp³-hybridized carbons (Fsp3) is 1.00. The summed E-state index contributed by atoms with van der Waals surface area (Å²) >= 11 is 0. The lowest BCUT2D eigenvalue weighted by Gasteiger charge is -2.41. The van der Waals surface area contributed by atoms with Crippen molar-refractivity contribution in [2.24, 2.45) is 0 Å². The van der Waals surface area contributed by atoms with Crippen LogP contribution in [0.5, 0.6) is 0 Å². The van der Waals surface area contributed by atoms with Crippen LogP contribution in [0.25, 0.3) is 0 Å². The molecule has 0 aliphatic carbocycles. The van der Waals surface area contributed by atoms with Gasteiger partial charge in [0.2, 0.25) is 8.32 Å². The highest BCUT2D eigenvalue weighted by Crippen LogP contribution is 2.25. The van der Waals surface area contributed by atoms with Crippen LogP contribution in [0.2, 0.25) is 12.1 Å². The Kier molecular flexibility index (Phi) is 15.3. The minimum Gasteiger partial charge on any atom is -0.415 e. The van der Waals surface area contributed by atoms with Gasteiger partial charge < -0.3 is 19.2 Å². The Morgan fingerprint density at radius 1 is 0.815 bits per heavy atom. The molecule has 6 heteroatoms. The van der Waals surface area contributed by atoms with Crippen molar-refractivity contribution in [2.75, 3.05) is 19.8 Å². The minimum absolute atomic E-state index is 0.370. The monoisotopic (exact) mass is 419 g/mol. The van der Waals surface area contributed by atoms with E-state index in [1.807, 2.05) is 0 Å². The van der Waals surface area contributed by atoms with Crippen molar-refractivity contribution in [1.29, 1.82) is 0 Å². The van der Waals surface area contributed by atoms with E-state index in [0.29, 0.717) is 11.3 Å². The standard InChI is InChI=1S/C21H49NO3Si2/c1-9-16-23-21(8,24-17-10-2)26-19(12-4)22-20(13-5)27(14-6,15-7)25-18-11-3/h19-20,22H,9-18,26H2,1-8H3. The summed E-state index contributed by atoms with van der Waals surface area (Å²) in [6.07, 6.45) is 5.45. The number of hydrogen-bond acceptors (Lipinski definition) is 4. The second-order valence-electron chi connectivity index (χ2n) is 7.89. The van der Waals surface area contributed by atoms with Gasteiger partial charge in [0.1, 0.15) is 14.9 Å². The van der Waals surface area contributed by atoms with Gasteiger partial charge in [0, 0.05) is 25.5 Å². The minimum atomic E-state index is -1.77. The van der Waals surface area contributed by atoms with Crippen LogP contribution < -0.4 is 5.32 Å². The maximum atomic E-state index is 6.56. The third-order valence-corrected chi connectivity index (χ3v) is 13.1. The molecule has 0 fully saturated rings. The third kappa shape index (κ3) is 9.54. The van der Waals surface area contributed by atoms with E-state index in [2.05, 4.69) is 60.7 Å². The molecule has 0 aliphatic heterocycles. The average Bonchev–Trinajstić information content (AvgIpc) is 2.70. The van der Waals surface area contributed by atoms with Gasteiger partial charge >= 0.3 is 0 Å². The Balaban J connectivity index is 5.24. The number of ether oxygens (including phenoxy) is 2. The Hall–Kier alpha value is 0.274. The van der Waals surface area contributed by atoms with Gasteiger partial charge in [-0.1, -0.05) is 48.5 Å². The molecule has 0 amide bonds. The van der Waals surface area contributed by atoms with Crippen LogP contribution in [0.3, 0.4) is 0 Å². The number of nitrogens with one attached hydrogen (secondary N) is 1. The predicted molar refractivity (Wildman–Crippen MR) is 124 cm³/mol. The smallest absolute Gasteiger partial charge is 0.208 e. The molecule has 0 bridgehead atoms. The molecule has 0 saturated heterocycles. The van der Waals surface area contributed by atoms with Crippen molar-refractivity contribution < 1.29 is 13.9 Å². The molecule has 0 saturated carbocycles. The zero-order valence-corrected chi connectivity index (χ0v) is 22.1. The van der Waals surface area contributed by atoms with Gasteiger partial charge in [-0.3, -0.25) is 0 Å². The van der Waals surface area contributed by atoms with E-state index in [1.54, 1.807) is 0 Å². The zero-order chi connectivity index (χ0) is 20.8. The first kappa shape index (κ1) is 27.3. The Labute approximate surface area is 173 Å². The van der Waals surface area contributed by atoms with Crippen LogP contribution in [0.15, 0.2) is 0 Å². The highest BCUT2D eigenvalue weighted by molar-refractivity contribution is 6.75. The van der Waals surface area contributed by atoms with E-state index in [-0.39, 0.29) is 5.41 Å². The van der Waals surface area contributed by atoms with Crippen molar-refractivity contribution in [1.82, 2.24) is 5.32 Å². The second kappa shape index (κ2) is 15.2. The molecule has 2 atom stereocenters. The molecule has 0 radical (unpaired) electrons. The van der Waals surface area contributed by atoms with Gasteiger partial charge in [-0.05, 0) is 56.8 Å². The maximum Gasteiger partial charge on any atom is 0.208 e. The van der Waals surface area contributed by atoms with Gasteiger partial charge in [-0.15, -0.1) is 0 Å². The van der Waals surface area contributed by atoms with Crippen molar-refractivity contribution in [2.45, 2.75) is 116 Å². The molecular weight excluding hydrogens is 370 g/mol. The molecule has 27 heavy (non-hydrogen) atoms. The van der Waals surface area contributed by atoms with E-state index in [0.717, 1.165) is 51.9 Å². The topological polar surface area (TPSA) is 39.7 Å². The summed E-state index contributed by atoms with van der Waals surface area (Å²) in [7, 11) is -2.40. The summed E-state index contributed by atoms with van der Waals surface area (Å²) in [4.78, 5) is 0. The summed E-state index contributed by atoms with van der Waals surface area (Å²) in [5, 5.41) is 4.05. The lowest BCUT2D eigenvalue weighted by Crippen LogP contribution is -2.61. The van der Waals surface area contributed by atoms with Crippen molar-refractivity contribution >= 4 is 17.8 Å². The summed E-state index contributed by atoms with van der Waals surface area (Å²) in [5.74, 6) is 0. The molecule has 0 aromatic heterocycles. The quantitative estimate of drug-likeness (QED) is 0.257. The largest absolute Gasteiger partial charge is 0.415 e. The molecule has 0 heterocycles. The van der Waals surface area contributed by atoms with Crippen molar-refractivity contribution in [3.05, 3.63) is 0 Å². The second-order valence-corrected chi connectivity index (χ2v) is 15.1. The molecule has 0 aliphatic rings. The molecule has 0 aromatic rings. The normalized spacial score (nSPS) is 15.6. The predicted octanol–water partition coefficient (Wildman–Crippen LogP) is 4.74. The fourth-order valence-corrected chi connectivity index (χ4v) is 10.2. The van der Waals surface area contributed by atoms with Gasteiger partial charge in [0.05, 0.1) is 0 Å². The van der Waals surface area contributed by atoms with Crippen LogP contribution in [0.1, 0.15) is 87.5 Å². The van der Waals surface area contributed by atoms with Gasteiger partial charge in [-0.2, -0.15) is 0 Å². The number of hydrogen-bond donors (Lipinski definition) is 1. The van der Waals surface area contributed by atoms with E-state index >= 15 is 0 Å². The highest BCUT2D eigenvalue weighted by Gasteiger charge is 2.41. The van der Waals surface area contributed by atoms with Gasteiger partial charge in [0.15, 0.2) is 0 Å². The fourth-order valence-electron chi connectivity index (χ4n) is 3.84. The van der Waals surface area contributed by atoms with E-state index in [1.165, 1.54) is 12.1 Å². The first-order chi connectivity index (χ1) is 12.9. The zero-order valence-electron chi connectivity index (χ0n) is 19.7. The maximum absolute atomic E-state index is 6.56. The Morgan fingerprint density at radius 3 is 1.70 bits per heavy atom. The number of rotatable bonds is 18. The lowest BCUT2D eigenvalue weighted by atomic mass is 10.4. The molecule has 164 valence electrons. The third-order valence-electron chi connectivity index (χ3n) is 5.60. The van der Waals surface area contributed by atoms with Crippen molar-refractivity contribution in [3.8, 4) is 0 Å². The van der Waals surface area contributed by atoms with Crippen LogP contribution in [-0.2, 0) is 13.9 Å². The summed E-state index contributed by atoms with van der Waals surface area (Å²) in [6.45, 7) is 20.4. The van der Waals surface area contributed by atoms with Crippen LogP contribution >= 0.6 is 0 Å². The molecule has 0 rings (SSSR count). The molecule has 0 aromatic carbocycles. The van der Waals surface area contributed by atoms with Gasteiger partial charge in [-0.25, -0.2) is 0 Å². The lowest BCUT2D eigenvalue weighted by molar-refractivity contribution is -0.169. The van der Waals surface area contributed by atoms with E-state index in [9.17, 15) is 0 Å². The van der Waals surface area contributed by atoms with Crippen LogP contribution in [0.4, 0.5) is 0 Å². The first-order valence-corrected chi connectivity index (χ1v) is 15.5. The van der Waals surface area contributed by atoms with Gasteiger partial charge in [0.25, 0.3) is 0 Å². The van der Waals surface area contributed by atoms with E-state index in [4.69, 9.17) is 13.9 Å². The van der Waals surface area contributed by atoms with Crippen molar-refractivity contribution in [3.63, 3.8) is 0 Å². The van der Waals surface area contributed by atoms with E-state index < -0.39 is 17.8 Å².